The van der Waals surface area contributed by atoms with Gasteiger partial charge < -0.3 is 30.1 Å². The van der Waals surface area contributed by atoms with Crippen LogP contribution in [-0.2, 0) is 20.9 Å². The Morgan fingerprint density at radius 2 is 2.03 bits per heavy atom. The Labute approximate surface area is 195 Å². The Morgan fingerprint density at radius 1 is 1.27 bits per heavy atom. The van der Waals surface area contributed by atoms with E-state index < -0.39 is 0 Å². The monoisotopic (exact) mass is 460 g/mol. The summed E-state index contributed by atoms with van der Waals surface area (Å²) in [5.41, 5.74) is 7.50. The highest BCUT2D eigenvalue weighted by Gasteiger charge is 2.27. The summed E-state index contributed by atoms with van der Waals surface area (Å²) in [6.45, 7) is 4.39. The van der Waals surface area contributed by atoms with E-state index in [4.69, 9.17) is 15.2 Å². The van der Waals surface area contributed by atoms with E-state index in [-0.39, 0.29) is 49.7 Å². The van der Waals surface area contributed by atoms with Gasteiger partial charge in [0, 0.05) is 24.8 Å². The van der Waals surface area contributed by atoms with E-state index >= 15 is 0 Å². The lowest BCUT2D eigenvalue weighted by Gasteiger charge is -2.34. The highest BCUT2D eigenvalue weighted by atomic mass is 16.5. The van der Waals surface area contributed by atoms with Gasteiger partial charge in [0.2, 0.25) is 0 Å². The molecule has 1 saturated carbocycles. The molecule has 0 unspecified atom stereocenters. The van der Waals surface area contributed by atoms with Crippen molar-refractivity contribution in [2.75, 3.05) is 26.3 Å². The normalized spacial score (nSPS) is 16.2. The molecule has 9 heteroatoms. The molecule has 1 heterocycles. The molecule has 3 N–H and O–H groups in total. The van der Waals surface area contributed by atoms with Crippen LogP contribution in [0.5, 0.6) is 5.75 Å². The number of amides is 1. The minimum Gasteiger partial charge on any atom is -0.483 e. The third-order valence-corrected chi connectivity index (χ3v) is 5.95. The summed E-state index contributed by atoms with van der Waals surface area (Å²) in [5.74, 6) is 0.324. The fourth-order valence-electron chi connectivity index (χ4n) is 4.38. The first-order chi connectivity index (χ1) is 15.9. The summed E-state index contributed by atoms with van der Waals surface area (Å²) in [6.07, 6.45) is 5.77. The minimum atomic E-state index is -0.382. The zero-order chi connectivity index (χ0) is 23.8. The molecule has 0 bridgehead atoms. The van der Waals surface area contributed by atoms with Crippen LogP contribution in [0.3, 0.4) is 0 Å². The average molecular weight is 461 g/mol. The lowest BCUT2D eigenvalue weighted by molar-refractivity contribution is -0.147. The van der Waals surface area contributed by atoms with Crippen LogP contribution < -0.4 is 10.5 Å². The predicted molar refractivity (Wildman–Crippen MR) is 125 cm³/mol. The molecule has 1 aliphatic carbocycles. The van der Waals surface area contributed by atoms with Gasteiger partial charge in [-0.3, -0.25) is 9.59 Å². The molecule has 33 heavy (non-hydrogen) atoms. The fraction of sp³-hybridized carbons (Fsp3) is 0.625. The van der Waals surface area contributed by atoms with E-state index in [0.717, 1.165) is 31.2 Å². The standard InChI is InChI=1S/C24H36N4O5/c1-17(2)33-23(31)15-27-14-19-20(26-24(27)25)10-6-11-21(19)32-16-22(30)28(12-7-13-29)18-8-4-3-5-9-18/h6,10-11,17-18,29H,3-5,7-9,12-16H2,1-2H3,(H2,25,26). The molecule has 0 spiro atoms. The number of guanidine groups is 1. The third-order valence-electron chi connectivity index (χ3n) is 5.95. The Hall–Kier alpha value is -2.81. The molecule has 0 aromatic heterocycles. The predicted octanol–water partition coefficient (Wildman–Crippen LogP) is 2.32. The Bertz CT molecular complexity index is 851. The maximum absolute atomic E-state index is 13.1. The van der Waals surface area contributed by atoms with Crippen molar-refractivity contribution in [3.8, 4) is 5.75 Å². The summed E-state index contributed by atoms with van der Waals surface area (Å²) in [5, 5.41) is 9.26. The molecule has 3 rings (SSSR count). The van der Waals surface area contributed by atoms with Crippen molar-refractivity contribution in [3.63, 3.8) is 0 Å². The van der Waals surface area contributed by atoms with Gasteiger partial charge in [0.05, 0.1) is 18.3 Å². The second-order valence-corrected chi connectivity index (χ2v) is 8.86. The summed E-state index contributed by atoms with van der Waals surface area (Å²) < 4.78 is 11.2. The zero-order valence-electron chi connectivity index (χ0n) is 19.7. The number of aliphatic hydroxyl groups excluding tert-OH is 1. The van der Waals surface area contributed by atoms with E-state index in [1.165, 1.54) is 6.42 Å². The van der Waals surface area contributed by atoms with Crippen molar-refractivity contribution in [2.45, 2.75) is 71.1 Å². The molecule has 9 nitrogen and oxygen atoms in total. The maximum Gasteiger partial charge on any atom is 0.325 e. The first-order valence-corrected chi connectivity index (χ1v) is 11.8. The second-order valence-electron chi connectivity index (χ2n) is 8.86. The van der Waals surface area contributed by atoms with Crippen LogP contribution in [-0.4, -0.2) is 71.2 Å². The number of nitrogens with zero attached hydrogens (tertiary/aromatic N) is 3. The molecule has 1 aromatic rings. The van der Waals surface area contributed by atoms with Crippen LogP contribution in [0.15, 0.2) is 23.2 Å². The van der Waals surface area contributed by atoms with Crippen molar-refractivity contribution in [3.05, 3.63) is 23.8 Å². The number of esters is 1. The largest absolute Gasteiger partial charge is 0.483 e. The lowest BCUT2D eigenvalue weighted by atomic mass is 9.94. The van der Waals surface area contributed by atoms with E-state index in [2.05, 4.69) is 4.99 Å². The molecule has 0 atom stereocenters. The summed E-state index contributed by atoms with van der Waals surface area (Å²) in [7, 11) is 0. The number of carbonyl (C=O) groups is 2. The van der Waals surface area contributed by atoms with E-state index in [1.807, 2.05) is 17.0 Å². The number of aliphatic hydroxyl groups is 1. The van der Waals surface area contributed by atoms with Gasteiger partial charge >= 0.3 is 5.97 Å². The Balaban J connectivity index is 1.68. The number of nitrogens with two attached hydrogens (primary N) is 1. The summed E-state index contributed by atoms with van der Waals surface area (Å²) in [4.78, 5) is 33.1. The van der Waals surface area contributed by atoms with Gasteiger partial charge in [-0.25, -0.2) is 4.99 Å². The van der Waals surface area contributed by atoms with Crippen LogP contribution >= 0.6 is 0 Å². The number of rotatable bonds is 10. The Morgan fingerprint density at radius 3 is 2.73 bits per heavy atom. The van der Waals surface area contributed by atoms with Gasteiger partial charge in [-0.2, -0.15) is 0 Å². The number of ether oxygens (including phenoxy) is 2. The quantitative estimate of drug-likeness (QED) is 0.515. The average Bonchev–Trinajstić information content (AvgIpc) is 2.78. The van der Waals surface area contributed by atoms with E-state index in [0.29, 0.717) is 30.9 Å². The van der Waals surface area contributed by atoms with Crippen LogP contribution in [0.2, 0.25) is 0 Å². The number of hydrogen-bond acceptors (Lipinski definition) is 8. The summed E-state index contributed by atoms with van der Waals surface area (Å²) >= 11 is 0. The van der Waals surface area contributed by atoms with Crippen LogP contribution in [0.1, 0.15) is 57.9 Å². The summed E-state index contributed by atoms with van der Waals surface area (Å²) in [6, 6.07) is 5.64. The van der Waals surface area contributed by atoms with Crippen molar-refractivity contribution in [2.24, 2.45) is 10.7 Å². The second kappa shape index (κ2) is 11.9. The lowest BCUT2D eigenvalue weighted by Crippen LogP contribution is -2.44. The van der Waals surface area contributed by atoms with Gasteiger partial charge in [0.15, 0.2) is 12.6 Å². The number of aliphatic imine (C=N–C) groups is 1. The molecule has 0 radical (unpaired) electrons. The topological polar surface area (TPSA) is 118 Å². The number of hydrogen-bond donors (Lipinski definition) is 2. The number of carbonyl (C=O) groups excluding carboxylic acids is 2. The SMILES string of the molecule is CC(C)OC(=O)CN1Cc2c(cccc2OCC(=O)N(CCCO)C2CCCCC2)N=C1N. The molecule has 0 saturated heterocycles. The smallest absolute Gasteiger partial charge is 0.325 e. The molecule has 2 aliphatic rings. The van der Waals surface area contributed by atoms with Crippen molar-refractivity contribution >= 4 is 23.5 Å². The van der Waals surface area contributed by atoms with E-state index in [9.17, 15) is 14.7 Å². The van der Waals surface area contributed by atoms with Crippen molar-refractivity contribution < 1.29 is 24.2 Å². The molecule has 182 valence electrons. The highest BCUT2D eigenvalue weighted by Crippen LogP contribution is 2.33. The van der Waals surface area contributed by atoms with Gasteiger partial charge in [-0.15, -0.1) is 0 Å². The van der Waals surface area contributed by atoms with Gasteiger partial charge in [-0.05, 0) is 45.2 Å². The number of benzene rings is 1. The molecular weight excluding hydrogens is 424 g/mol. The van der Waals surface area contributed by atoms with Gasteiger partial charge in [0.1, 0.15) is 12.3 Å². The van der Waals surface area contributed by atoms with Crippen LogP contribution in [0.4, 0.5) is 5.69 Å². The first kappa shape index (κ1) is 24.8. The molecule has 1 amide bonds. The van der Waals surface area contributed by atoms with E-state index in [1.54, 1.807) is 24.8 Å². The van der Waals surface area contributed by atoms with Crippen LogP contribution in [0, 0.1) is 0 Å². The molecular formula is C24H36N4O5. The zero-order valence-corrected chi connectivity index (χ0v) is 19.7. The van der Waals surface area contributed by atoms with Crippen molar-refractivity contribution in [1.29, 1.82) is 0 Å². The van der Waals surface area contributed by atoms with Crippen molar-refractivity contribution in [1.82, 2.24) is 9.80 Å². The van der Waals surface area contributed by atoms with Gasteiger partial charge in [0.25, 0.3) is 5.91 Å². The molecule has 1 aromatic carbocycles. The Kier molecular flexibility index (Phi) is 8.94. The first-order valence-electron chi connectivity index (χ1n) is 11.8. The van der Waals surface area contributed by atoms with Crippen LogP contribution in [0.25, 0.3) is 0 Å². The number of fused-ring (bicyclic) bond motifs is 1. The fourth-order valence-corrected chi connectivity index (χ4v) is 4.38. The molecule has 1 aliphatic heterocycles. The third kappa shape index (κ3) is 6.83. The maximum atomic E-state index is 13.1. The highest BCUT2D eigenvalue weighted by molar-refractivity contribution is 5.87. The van der Waals surface area contributed by atoms with Gasteiger partial charge in [-0.1, -0.05) is 25.3 Å². The molecule has 1 fully saturated rings. The minimum absolute atomic E-state index is 0.0170.